The maximum Gasteiger partial charge on any atom is 0.435 e. The van der Waals surface area contributed by atoms with Crippen molar-refractivity contribution < 1.29 is 13.2 Å². The number of hydrogen-bond acceptors (Lipinski definition) is 2. The maximum atomic E-state index is 12.3. The fourth-order valence-corrected chi connectivity index (χ4v) is 1.71. The molecule has 0 radical (unpaired) electrons. The van der Waals surface area contributed by atoms with Crippen molar-refractivity contribution in [3.05, 3.63) is 47.8 Å². The normalized spacial score (nSPS) is 11.6. The highest BCUT2D eigenvalue weighted by molar-refractivity contribution is 5.50. The van der Waals surface area contributed by atoms with Crippen LogP contribution in [0.25, 0.3) is 0 Å². The lowest BCUT2D eigenvalue weighted by Crippen LogP contribution is -2.13. The summed E-state index contributed by atoms with van der Waals surface area (Å²) in [6, 6.07) is 8.72. The zero-order valence-corrected chi connectivity index (χ0v) is 10.4. The van der Waals surface area contributed by atoms with Gasteiger partial charge in [-0.2, -0.15) is 18.3 Å². The minimum absolute atomic E-state index is 0.379. The molecule has 3 nitrogen and oxygen atoms in total. The zero-order chi connectivity index (χ0) is 13.9. The predicted molar refractivity (Wildman–Crippen MR) is 66.9 cm³/mol. The number of anilines is 1. The highest BCUT2D eigenvalue weighted by atomic mass is 19.4. The van der Waals surface area contributed by atoms with E-state index in [1.54, 1.807) is 0 Å². The molecule has 1 aromatic heterocycles. The molecular weight excluding hydrogens is 255 g/mol. The molecule has 0 aliphatic heterocycles. The molecule has 0 atom stereocenters. The standard InChI is InChI=1S/C13H14F3N3/c1-10-4-2-3-5-11(10)17-7-9-19-8-6-12(18-19)13(14,15)16/h2-6,8,17H,7,9H2,1H3. The molecule has 2 rings (SSSR count). The average molecular weight is 269 g/mol. The number of aryl methyl sites for hydroxylation is 1. The molecule has 0 aliphatic carbocycles. The lowest BCUT2D eigenvalue weighted by atomic mass is 10.2. The van der Waals surface area contributed by atoms with Gasteiger partial charge in [0.25, 0.3) is 0 Å². The number of aromatic nitrogens is 2. The van der Waals surface area contributed by atoms with Crippen molar-refractivity contribution in [3.8, 4) is 0 Å². The number of para-hydroxylation sites is 1. The van der Waals surface area contributed by atoms with E-state index in [9.17, 15) is 13.2 Å². The molecule has 0 aliphatic rings. The molecule has 0 bridgehead atoms. The van der Waals surface area contributed by atoms with E-state index in [1.165, 1.54) is 10.9 Å². The summed E-state index contributed by atoms with van der Waals surface area (Å²) in [7, 11) is 0. The Morgan fingerprint density at radius 3 is 2.58 bits per heavy atom. The van der Waals surface area contributed by atoms with Gasteiger partial charge in [0.15, 0.2) is 5.69 Å². The summed E-state index contributed by atoms with van der Waals surface area (Å²) in [6.45, 7) is 2.87. The van der Waals surface area contributed by atoms with Crippen LogP contribution in [0.3, 0.4) is 0 Å². The van der Waals surface area contributed by atoms with Crippen LogP contribution >= 0.6 is 0 Å². The van der Waals surface area contributed by atoms with Crippen molar-refractivity contribution in [2.24, 2.45) is 0 Å². The van der Waals surface area contributed by atoms with Gasteiger partial charge >= 0.3 is 6.18 Å². The van der Waals surface area contributed by atoms with Crippen molar-refractivity contribution >= 4 is 5.69 Å². The average Bonchev–Trinajstić information content (AvgIpc) is 2.80. The summed E-state index contributed by atoms with van der Waals surface area (Å²) >= 11 is 0. The van der Waals surface area contributed by atoms with Gasteiger partial charge in [-0.3, -0.25) is 4.68 Å². The maximum absolute atomic E-state index is 12.3. The van der Waals surface area contributed by atoms with Crippen molar-refractivity contribution in [1.82, 2.24) is 9.78 Å². The molecule has 0 unspecified atom stereocenters. The fourth-order valence-electron chi connectivity index (χ4n) is 1.71. The molecule has 0 fully saturated rings. The molecular formula is C13H14F3N3. The first kappa shape index (κ1) is 13.5. The van der Waals surface area contributed by atoms with Crippen LogP contribution in [0.2, 0.25) is 0 Å². The largest absolute Gasteiger partial charge is 0.435 e. The van der Waals surface area contributed by atoms with Gasteiger partial charge in [-0.25, -0.2) is 0 Å². The Kier molecular flexibility index (Phi) is 3.78. The van der Waals surface area contributed by atoms with Crippen LogP contribution < -0.4 is 5.32 Å². The number of hydrogen-bond donors (Lipinski definition) is 1. The first-order valence-corrected chi connectivity index (χ1v) is 5.87. The Balaban J connectivity index is 1.90. The number of benzene rings is 1. The Morgan fingerprint density at radius 2 is 1.95 bits per heavy atom. The SMILES string of the molecule is Cc1ccccc1NCCn1ccc(C(F)(F)F)n1. The number of nitrogens with zero attached hydrogens (tertiary/aromatic N) is 2. The van der Waals surface area contributed by atoms with Gasteiger partial charge in [0.05, 0.1) is 6.54 Å². The van der Waals surface area contributed by atoms with Crippen molar-refractivity contribution in [2.45, 2.75) is 19.6 Å². The highest BCUT2D eigenvalue weighted by Gasteiger charge is 2.33. The third-order valence-electron chi connectivity index (χ3n) is 2.73. The summed E-state index contributed by atoms with van der Waals surface area (Å²) in [5, 5.41) is 6.65. The smallest absolute Gasteiger partial charge is 0.383 e. The Hall–Kier alpha value is -1.98. The fraction of sp³-hybridized carbons (Fsp3) is 0.308. The number of halogens is 3. The molecule has 1 heterocycles. The van der Waals surface area contributed by atoms with Gasteiger partial charge in [-0.05, 0) is 24.6 Å². The van der Waals surface area contributed by atoms with Gasteiger partial charge < -0.3 is 5.32 Å². The molecule has 0 spiro atoms. The second-order valence-corrected chi connectivity index (χ2v) is 4.20. The van der Waals surface area contributed by atoms with Crippen LogP contribution in [0, 0.1) is 6.92 Å². The third kappa shape index (κ3) is 3.49. The summed E-state index contributed by atoms with van der Waals surface area (Å²) in [4.78, 5) is 0. The molecule has 0 saturated carbocycles. The summed E-state index contributed by atoms with van der Waals surface area (Å²) in [6.07, 6.45) is -3.04. The van der Waals surface area contributed by atoms with E-state index >= 15 is 0 Å². The van der Waals surface area contributed by atoms with Crippen molar-refractivity contribution in [3.63, 3.8) is 0 Å². The number of nitrogens with one attached hydrogen (secondary N) is 1. The monoisotopic (exact) mass is 269 g/mol. The van der Waals surface area contributed by atoms with Crippen LogP contribution in [-0.4, -0.2) is 16.3 Å². The highest BCUT2D eigenvalue weighted by Crippen LogP contribution is 2.27. The van der Waals surface area contributed by atoms with E-state index in [1.807, 2.05) is 31.2 Å². The number of rotatable bonds is 4. The third-order valence-corrected chi connectivity index (χ3v) is 2.73. The van der Waals surface area contributed by atoms with Crippen LogP contribution in [0.1, 0.15) is 11.3 Å². The van der Waals surface area contributed by atoms with E-state index in [0.717, 1.165) is 17.3 Å². The molecule has 1 aromatic carbocycles. The van der Waals surface area contributed by atoms with Gasteiger partial charge in [0, 0.05) is 18.4 Å². The second-order valence-electron chi connectivity index (χ2n) is 4.20. The Morgan fingerprint density at radius 1 is 1.21 bits per heavy atom. The first-order chi connectivity index (χ1) is 8.97. The lowest BCUT2D eigenvalue weighted by Gasteiger charge is -2.09. The van der Waals surface area contributed by atoms with Gasteiger partial charge in [0.2, 0.25) is 0 Å². The molecule has 102 valence electrons. The van der Waals surface area contributed by atoms with Gasteiger partial charge in [-0.1, -0.05) is 18.2 Å². The van der Waals surface area contributed by atoms with Crippen LogP contribution in [0.4, 0.5) is 18.9 Å². The minimum Gasteiger partial charge on any atom is -0.383 e. The van der Waals surface area contributed by atoms with E-state index < -0.39 is 11.9 Å². The quantitative estimate of drug-likeness (QED) is 0.922. The topological polar surface area (TPSA) is 29.9 Å². The molecule has 0 saturated heterocycles. The van der Waals surface area contributed by atoms with Crippen molar-refractivity contribution in [2.75, 3.05) is 11.9 Å². The molecule has 19 heavy (non-hydrogen) atoms. The lowest BCUT2D eigenvalue weighted by molar-refractivity contribution is -0.141. The van der Waals surface area contributed by atoms with E-state index in [2.05, 4.69) is 10.4 Å². The molecule has 2 aromatic rings. The van der Waals surface area contributed by atoms with E-state index in [4.69, 9.17) is 0 Å². The summed E-state index contributed by atoms with van der Waals surface area (Å²) in [5.41, 5.74) is 1.22. The first-order valence-electron chi connectivity index (χ1n) is 5.87. The van der Waals surface area contributed by atoms with Gasteiger partial charge in [-0.15, -0.1) is 0 Å². The molecule has 6 heteroatoms. The van der Waals surface area contributed by atoms with Crippen LogP contribution in [-0.2, 0) is 12.7 Å². The van der Waals surface area contributed by atoms with Crippen molar-refractivity contribution in [1.29, 1.82) is 0 Å². The predicted octanol–water partition coefficient (Wildman–Crippen LogP) is 3.32. The Bertz CT molecular complexity index is 546. The summed E-state index contributed by atoms with van der Waals surface area (Å²) < 4.78 is 38.3. The van der Waals surface area contributed by atoms with Crippen LogP contribution in [0.5, 0.6) is 0 Å². The Labute approximate surface area is 109 Å². The zero-order valence-electron chi connectivity index (χ0n) is 10.4. The molecule has 1 N–H and O–H groups in total. The molecule has 0 amide bonds. The van der Waals surface area contributed by atoms with E-state index in [0.29, 0.717) is 13.1 Å². The minimum atomic E-state index is -4.38. The van der Waals surface area contributed by atoms with Gasteiger partial charge in [0.1, 0.15) is 0 Å². The van der Waals surface area contributed by atoms with Crippen LogP contribution in [0.15, 0.2) is 36.5 Å². The second kappa shape index (κ2) is 5.34. The summed E-state index contributed by atoms with van der Waals surface area (Å²) in [5.74, 6) is 0. The number of alkyl halides is 3. The van der Waals surface area contributed by atoms with E-state index in [-0.39, 0.29) is 0 Å².